The maximum absolute atomic E-state index is 12.5. The number of benzene rings is 1. The Labute approximate surface area is 151 Å². The van der Waals surface area contributed by atoms with Crippen LogP contribution in [0.25, 0.3) is 0 Å². The van der Waals surface area contributed by atoms with Crippen LogP contribution in [0.2, 0.25) is 0 Å². The van der Waals surface area contributed by atoms with Gasteiger partial charge < -0.3 is 10.6 Å². The average molecular weight is 349 g/mol. The topological polar surface area (TPSA) is 41.1 Å². The van der Waals surface area contributed by atoms with Crippen LogP contribution in [0.1, 0.15) is 51.2 Å². The summed E-state index contributed by atoms with van der Waals surface area (Å²) in [5.41, 5.74) is 3.49. The molecule has 0 bridgehead atoms. The predicted octanol–water partition coefficient (Wildman–Crippen LogP) is 4.60. The molecule has 1 heterocycles. The van der Waals surface area contributed by atoms with Crippen LogP contribution in [0.4, 0.5) is 5.69 Å². The van der Waals surface area contributed by atoms with E-state index in [2.05, 4.69) is 50.5 Å². The van der Waals surface area contributed by atoms with Crippen LogP contribution < -0.4 is 10.6 Å². The maximum atomic E-state index is 12.5. The van der Waals surface area contributed by atoms with Crippen molar-refractivity contribution in [2.24, 2.45) is 11.8 Å². The van der Waals surface area contributed by atoms with Crippen molar-refractivity contribution in [3.05, 3.63) is 29.3 Å². The minimum atomic E-state index is 0.151. The first-order valence-electron chi connectivity index (χ1n) is 9.18. The van der Waals surface area contributed by atoms with Gasteiger partial charge in [-0.25, -0.2) is 0 Å². The Morgan fingerprint density at radius 1 is 1.29 bits per heavy atom. The van der Waals surface area contributed by atoms with Crippen LogP contribution in [0.3, 0.4) is 0 Å². The minimum absolute atomic E-state index is 0.151. The van der Waals surface area contributed by atoms with E-state index in [9.17, 15) is 4.79 Å². The normalized spacial score (nSPS) is 17.0. The zero-order valence-corrected chi connectivity index (χ0v) is 16.3. The Hall–Kier alpha value is -1.00. The smallest absolute Gasteiger partial charge is 0.224 e. The Kier molecular flexibility index (Phi) is 7.63. The zero-order valence-electron chi connectivity index (χ0n) is 15.5. The first kappa shape index (κ1) is 19.3. The number of nitrogens with one attached hydrogen (secondary N) is 2. The second kappa shape index (κ2) is 9.47. The van der Waals surface area contributed by atoms with E-state index in [1.807, 2.05) is 17.8 Å². The van der Waals surface area contributed by atoms with Crippen molar-refractivity contribution in [1.82, 2.24) is 5.32 Å². The van der Waals surface area contributed by atoms with Crippen LogP contribution in [0.5, 0.6) is 0 Å². The number of rotatable bonds is 7. The van der Waals surface area contributed by atoms with E-state index < -0.39 is 0 Å². The molecule has 1 aliphatic heterocycles. The summed E-state index contributed by atoms with van der Waals surface area (Å²) in [4.78, 5) is 12.5. The lowest BCUT2D eigenvalue weighted by Crippen LogP contribution is -2.32. The van der Waals surface area contributed by atoms with E-state index in [4.69, 9.17) is 0 Å². The molecule has 2 rings (SSSR count). The molecule has 1 aliphatic rings. The highest BCUT2D eigenvalue weighted by atomic mass is 32.2. The second-order valence-corrected chi connectivity index (χ2v) is 8.83. The summed E-state index contributed by atoms with van der Waals surface area (Å²) in [6.45, 7) is 10.9. The SMILES string of the molecule is Cc1c(CSC(C)C)cccc1NC(=O)CC(C)C1CCNCC1. The summed E-state index contributed by atoms with van der Waals surface area (Å²) in [5, 5.41) is 7.16. The van der Waals surface area contributed by atoms with E-state index in [0.29, 0.717) is 23.5 Å². The highest BCUT2D eigenvalue weighted by Gasteiger charge is 2.22. The molecule has 1 fully saturated rings. The molecule has 24 heavy (non-hydrogen) atoms. The molecule has 0 spiro atoms. The summed E-state index contributed by atoms with van der Waals surface area (Å²) in [7, 11) is 0. The van der Waals surface area contributed by atoms with Crippen LogP contribution in [0.15, 0.2) is 18.2 Å². The largest absolute Gasteiger partial charge is 0.326 e. The third-order valence-corrected chi connectivity index (χ3v) is 6.13. The molecule has 1 aromatic rings. The number of anilines is 1. The Morgan fingerprint density at radius 2 is 2.00 bits per heavy atom. The van der Waals surface area contributed by atoms with Gasteiger partial charge in [-0.1, -0.05) is 32.9 Å². The number of carbonyl (C=O) groups is 1. The molecule has 1 amide bonds. The van der Waals surface area contributed by atoms with Crippen molar-refractivity contribution in [2.75, 3.05) is 18.4 Å². The number of hydrogen-bond acceptors (Lipinski definition) is 3. The Balaban J connectivity index is 1.92. The maximum Gasteiger partial charge on any atom is 0.224 e. The molecule has 1 unspecified atom stereocenters. The fraction of sp³-hybridized carbons (Fsp3) is 0.650. The van der Waals surface area contributed by atoms with Gasteiger partial charge in [0.15, 0.2) is 0 Å². The van der Waals surface area contributed by atoms with Gasteiger partial charge in [-0.15, -0.1) is 0 Å². The van der Waals surface area contributed by atoms with Gasteiger partial charge in [0.2, 0.25) is 5.91 Å². The summed E-state index contributed by atoms with van der Waals surface area (Å²) in [5.74, 6) is 2.27. The first-order chi connectivity index (χ1) is 11.5. The van der Waals surface area contributed by atoms with Crippen LogP contribution in [-0.2, 0) is 10.5 Å². The fourth-order valence-electron chi connectivity index (χ4n) is 3.31. The van der Waals surface area contributed by atoms with Gasteiger partial charge in [0.05, 0.1) is 0 Å². The van der Waals surface area contributed by atoms with Crippen molar-refractivity contribution < 1.29 is 4.79 Å². The predicted molar refractivity (Wildman–Crippen MR) is 106 cm³/mol. The van der Waals surface area contributed by atoms with Crippen molar-refractivity contribution in [2.45, 2.75) is 58.0 Å². The molecule has 0 radical (unpaired) electrons. The molecular formula is C20H32N2OS. The lowest BCUT2D eigenvalue weighted by atomic mass is 9.84. The Bertz CT molecular complexity index is 538. The van der Waals surface area contributed by atoms with E-state index >= 15 is 0 Å². The standard InChI is InChI=1S/C20H32N2OS/c1-14(2)24-13-18-6-5-7-19(16(18)4)22-20(23)12-15(3)17-8-10-21-11-9-17/h5-7,14-15,17,21H,8-13H2,1-4H3,(H,22,23). The highest BCUT2D eigenvalue weighted by molar-refractivity contribution is 7.99. The molecule has 0 saturated carbocycles. The summed E-state index contributed by atoms with van der Waals surface area (Å²) in [6.07, 6.45) is 3.00. The van der Waals surface area contributed by atoms with Gasteiger partial charge in [0.25, 0.3) is 0 Å². The highest BCUT2D eigenvalue weighted by Crippen LogP contribution is 2.27. The lowest BCUT2D eigenvalue weighted by molar-refractivity contribution is -0.117. The van der Waals surface area contributed by atoms with Crippen molar-refractivity contribution in [3.63, 3.8) is 0 Å². The van der Waals surface area contributed by atoms with Crippen LogP contribution in [0, 0.1) is 18.8 Å². The number of piperidine rings is 1. The van der Waals surface area contributed by atoms with Crippen molar-refractivity contribution >= 4 is 23.4 Å². The van der Waals surface area contributed by atoms with Crippen LogP contribution in [-0.4, -0.2) is 24.2 Å². The quantitative estimate of drug-likeness (QED) is 0.756. The van der Waals surface area contributed by atoms with Gasteiger partial charge in [-0.2, -0.15) is 11.8 Å². The molecule has 1 aromatic carbocycles. The zero-order chi connectivity index (χ0) is 17.5. The average Bonchev–Trinajstić information content (AvgIpc) is 2.56. The molecule has 3 nitrogen and oxygen atoms in total. The third kappa shape index (κ3) is 5.82. The number of hydrogen-bond donors (Lipinski definition) is 2. The molecular weight excluding hydrogens is 316 g/mol. The molecule has 1 saturated heterocycles. The number of carbonyl (C=O) groups excluding carboxylic acids is 1. The Morgan fingerprint density at radius 3 is 2.67 bits per heavy atom. The molecule has 0 aromatic heterocycles. The molecule has 134 valence electrons. The van der Waals surface area contributed by atoms with Gasteiger partial charge in [-0.3, -0.25) is 4.79 Å². The first-order valence-corrected chi connectivity index (χ1v) is 10.2. The van der Waals surface area contributed by atoms with E-state index in [1.54, 1.807) is 0 Å². The van der Waals surface area contributed by atoms with E-state index in [-0.39, 0.29) is 5.91 Å². The van der Waals surface area contributed by atoms with Crippen molar-refractivity contribution in [3.8, 4) is 0 Å². The summed E-state index contributed by atoms with van der Waals surface area (Å²) in [6, 6.07) is 6.24. The molecule has 2 N–H and O–H groups in total. The lowest BCUT2D eigenvalue weighted by Gasteiger charge is -2.28. The minimum Gasteiger partial charge on any atom is -0.326 e. The monoisotopic (exact) mass is 348 g/mol. The fourth-order valence-corrected chi connectivity index (χ4v) is 4.13. The van der Waals surface area contributed by atoms with Gasteiger partial charge in [0, 0.05) is 17.9 Å². The summed E-state index contributed by atoms with van der Waals surface area (Å²) < 4.78 is 0. The molecule has 0 aliphatic carbocycles. The number of thioether (sulfide) groups is 1. The van der Waals surface area contributed by atoms with E-state index in [0.717, 1.165) is 24.5 Å². The van der Waals surface area contributed by atoms with Crippen LogP contribution >= 0.6 is 11.8 Å². The van der Waals surface area contributed by atoms with Gasteiger partial charge >= 0.3 is 0 Å². The van der Waals surface area contributed by atoms with Crippen molar-refractivity contribution in [1.29, 1.82) is 0 Å². The summed E-state index contributed by atoms with van der Waals surface area (Å²) >= 11 is 1.94. The second-order valence-electron chi connectivity index (χ2n) is 7.27. The third-order valence-electron chi connectivity index (χ3n) is 4.99. The van der Waals surface area contributed by atoms with Gasteiger partial charge in [-0.05, 0) is 67.1 Å². The van der Waals surface area contributed by atoms with Gasteiger partial charge in [0.1, 0.15) is 0 Å². The molecule has 1 atom stereocenters. The van der Waals surface area contributed by atoms with E-state index in [1.165, 1.54) is 24.0 Å². The number of amides is 1. The molecule has 4 heteroatoms.